The predicted molar refractivity (Wildman–Crippen MR) is 64.9 cm³/mol. The van der Waals surface area contributed by atoms with E-state index in [-0.39, 0.29) is 0 Å². The van der Waals surface area contributed by atoms with Gasteiger partial charge in [-0.05, 0) is 31.1 Å². The molecule has 1 aliphatic carbocycles. The van der Waals surface area contributed by atoms with E-state index in [0.717, 1.165) is 12.5 Å². The zero-order chi connectivity index (χ0) is 11.1. The van der Waals surface area contributed by atoms with Crippen LogP contribution in [0, 0.1) is 11.8 Å². The van der Waals surface area contributed by atoms with Crippen LogP contribution in [0.2, 0.25) is 0 Å². The number of hydrogen-bond donors (Lipinski definition) is 2. The Bertz CT molecular complexity index is 161. The Morgan fingerprint density at radius 1 is 1.27 bits per heavy atom. The fourth-order valence-corrected chi connectivity index (χ4v) is 2.42. The maximum Gasteiger partial charge on any atom is 0.0468 e. The largest absolute Gasteiger partial charge is 0.396 e. The summed E-state index contributed by atoms with van der Waals surface area (Å²) < 4.78 is 0. The highest BCUT2D eigenvalue weighted by Crippen LogP contribution is 2.25. The second-order valence-corrected chi connectivity index (χ2v) is 5.18. The molecule has 1 aliphatic rings. The van der Waals surface area contributed by atoms with Crippen molar-refractivity contribution in [2.75, 3.05) is 13.2 Å². The van der Waals surface area contributed by atoms with Gasteiger partial charge in [0.2, 0.25) is 0 Å². The van der Waals surface area contributed by atoms with Crippen LogP contribution in [0.4, 0.5) is 0 Å². The van der Waals surface area contributed by atoms with E-state index in [1.807, 2.05) is 0 Å². The minimum absolute atomic E-state index is 0.303. The molecule has 0 aromatic carbocycles. The summed E-state index contributed by atoms with van der Waals surface area (Å²) >= 11 is 0. The number of rotatable bonds is 5. The van der Waals surface area contributed by atoms with Gasteiger partial charge in [-0.1, -0.05) is 33.1 Å². The Balaban J connectivity index is 2.19. The van der Waals surface area contributed by atoms with Crippen LogP contribution in [0.3, 0.4) is 0 Å². The number of aliphatic hydroxyl groups is 1. The first-order valence-electron chi connectivity index (χ1n) is 6.60. The molecule has 90 valence electrons. The summed E-state index contributed by atoms with van der Waals surface area (Å²) in [7, 11) is 0. The molecule has 0 aromatic rings. The molecule has 2 nitrogen and oxygen atoms in total. The molecule has 0 bridgehead atoms. The van der Waals surface area contributed by atoms with Crippen molar-refractivity contribution >= 4 is 0 Å². The molecule has 0 spiro atoms. The van der Waals surface area contributed by atoms with Crippen LogP contribution >= 0.6 is 0 Å². The Kier molecular flexibility index (Phi) is 6.26. The summed E-state index contributed by atoms with van der Waals surface area (Å²) in [4.78, 5) is 0. The number of aliphatic hydroxyl groups excluding tert-OH is 1. The molecule has 1 saturated carbocycles. The van der Waals surface area contributed by atoms with Gasteiger partial charge in [0.15, 0.2) is 0 Å². The summed E-state index contributed by atoms with van der Waals surface area (Å²) in [6.45, 7) is 5.68. The van der Waals surface area contributed by atoms with Gasteiger partial charge in [-0.15, -0.1) is 0 Å². The summed E-state index contributed by atoms with van der Waals surface area (Å²) in [5.74, 6) is 1.36. The van der Waals surface area contributed by atoms with Crippen molar-refractivity contribution in [1.29, 1.82) is 0 Å². The van der Waals surface area contributed by atoms with Gasteiger partial charge in [0, 0.05) is 19.2 Å². The first-order valence-corrected chi connectivity index (χ1v) is 6.60. The molecule has 0 saturated heterocycles. The first-order chi connectivity index (χ1) is 7.26. The molecule has 2 N–H and O–H groups in total. The van der Waals surface area contributed by atoms with Crippen molar-refractivity contribution in [2.24, 2.45) is 11.8 Å². The molecule has 0 radical (unpaired) electrons. The van der Waals surface area contributed by atoms with Crippen LogP contribution in [0.1, 0.15) is 52.4 Å². The van der Waals surface area contributed by atoms with Gasteiger partial charge in [-0.2, -0.15) is 0 Å². The van der Waals surface area contributed by atoms with Crippen molar-refractivity contribution in [3.05, 3.63) is 0 Å². The topological polar surface area (TPSA) is 32.3 Å². The molecular weight excluding hydrogens is 186 g/mol. The third-order valence-electron chi connectivity index (χ3n) is 3.73. The monoisotopic (exact) mass is 213 g/mol. The van der Waals surface area contributed by atoms with Crippen molar-refractivity contribution in [1.82, 2.24) is 5.32 Å². The van der Waals surface area contributed by atoms with Crippen LogP contribution < -0.4 is 5.32 Å². The van der Waals surface area contributed by atoms with Crippen molar-refractivity contribution < 1.29 is 5.11 Å². The molecule has 1 fully saturated rings. The Morgan fingerprint density at radius 2 is 2.07 bits per heavy atom. The zero-order valence-electron chi connectivity index (χ0n) is 10.3. The highest BCUT2D eigenvalue weighted by molar-refractivity contribution is 4.75. The van der Waals surface area contributed by atoms with Gasteiger partial charge in [-0.25, -0.2) is 0 Å². The minimum atomic E-state index is 0.303. The van der Waals surface area contributed by atoms with E-state index in [1.165, 1.54) is 38.5 Å². The maximum absolute atomic E-state index is 8.96. The summed E-state index contributed by atoms with van der Waals surface area (Å²) in [6.07, 6.45) is 8.20. The molecule has 3 unspecified atom stereocenters. The van der Waals surface area contributed by atoms with E-state index < -0.39 is 0 Å². The molecular formula is C13H27NO. The molecule has 2 heteroatoms. The van der Waals surface area contributed by atoms with E-state index in [4.69, 9.17) is 5.11 Å². The third kappa shape index (κ3) is 4.98. The highest BCUT2D eigenvalue weighted by atomic mass is 16.3. The summed E-state index contributed by atoms with van der Waals surface area (Å²) in [5, 5.41) is 12.6. The molecule has 0 amide bonds. The molecule has 0 heterocycles. The minimum Gasteiger partial charge on any atom is -0.396 e. The van der Waals surface area contributed by atoms with Gasteiger partial charge in [-0.3, -0.25) is 0 Å². The Morgan fingerprint density at radius 3 is 2.73 bits per heavy atom. The lowest BCUT2D eigenvalue weighted by Gasteiger charge is -2.18. The highest BCUT2D eigenvalue weighted by Gasteiger charge is 2.17. The summed E-state index contributed by atoms with van der Waals surface area (Å²) in [6, 6.07) is 0.704. The second-order valence-electron chi connectivity index (χ2n) is 5.18. The fourth-order valence-electron chi connectivity index (χ4n) is 2.42. The normalized spacial score (nSPS) is 29.8. The van der Waals surface area contributed by atoms with Crippen molar-refractivity contribution in [3.8, 4) is 0 Å². The van der Waals surface area contributed by atoms with Gasteiger partial charge in [0.1, 0.15) is 0 Å². The average Bonchev–Trinajstić information content (AvgIpc) is 2.50. The first kappa shape index (κ1) is 13.0. The SMILES string of the molecule is CCC1CCCC(NCC(C)CO)CC1. The van der Waals surface area contributed by atoms with Crippen LogP contribution in [-0.2, 0) is 0 Å². The van der Waals surface area contributed by atoms with Crippen molar-refractivity contribution in [3.63, 3.8) is 0 Å². The standard InChI is InChI=1S/C13H27NO/c1-3-12-5-4-6-13(8-7-12)14-9-11(2)10-15/h11-15H,3-10H2,1-2H3. The van der Waals surface area contributed by atoms with Crippen molar-refractivity contribution in [2.45, 2.75) is 58.4 Å². The summed E-state index contributed by atoms with van der Waals surface area (Å²) in [5.41, 5.74) is 0. The van der Waals surface area contributed by atoms with E-state index >= 15 is 0 Å². The van der Waals surface area contributed by atoms with E-state index in [9.17, 15) is 0 Å². The number of nitrogens with one attached hydrogen (secondary N) is 1. The molecule has 15 heavy (non-hydrogen) atoms. The van der Waals surface area contributed by atoms with Crippen LogP contribution in [0.5, 0.6) is 0 Å². The van der Waals surface area contributed by atoms with E-state index in [0.29, 0.717) is 18.6 Å². The molecule has 0 aromatic heterocycles. The number of hydrogen-bond acceptors (Lipinski definition) is 2. The smallest absolute Gasteiger partial charge is 0.0468 e. The van der Waals surface area contributed by atoms with Gasteiger partial charge < -0.3 is 10.4 Å². The fraction of sp³-hybridized carbons (Fsp3) is 1.00. The van der Waals surface area contributed by atoms with Gasteiger partial charge in [0.05, 0.1) is 0 Å². The molecule has 3 atom stereocenters. The van der Waals surface area contributed by atoms with E-state index in [2.05, 4.69) is 19.2 Å². The second kappa shape index (κ2) is 7.24. The molecule has 1 rings (SSSR count). The zero-order valence-corrected chi connectivity index (χ0v) is 10.3. The van der Waals surface area contributed by atoms with E-state index in [1.54, 1.807) is 0 Å². The van der Waals surface area contributed by atoms with Crippen LogP contribution in [0.25, 0.3) is 0 Å². The quantitative estimate of drug-likeness (QED) is 0.688. The van der Waals surface area contributed by atoms with Crippen LogP contribution in [-0.4, -0.2) is 24.3 Å². The van der Waals surface area contributed by atoms with Gasteiger partial charge >= 0.3 is 0 Å². The average molecular weight is 213 g/mol. The Hall–Kier alpha value is -0.0800. The van der Waals surface area contributed by atoms with Crippen LogP contribution in [0.15, 0.2) is 0 Å². The predicted octanol–water partition coefficient (Wildman–Crippen LogP) is 2.56. The lowest BCUT2D eigenvalue weighted by atomic mass is 9.98. The maximum atomic E-state index is 8.96. The molecule has 0 aliphatic heterocycles. The third-order valence-corrected chi connectivity index (χ3v) is 3.73. The Labute approximate surface area is 94.5 Å². The van der Waals surface area contributed by atoms with Gasteiger partial charge in [0.25, 0.3) is 0 Å². The lowest BCUT2D eigenvalue weighted by molar-refractivity contribution is 0.228. The lowest BCUT2D eigenvalue weighted by Crippen LogP contribution is -2.33.